The van der Waals surface area contributed by atoms with Gasteiger partial charge in [0, 0.05) is 23.8 Å². The lowest BCUT2D eigenvalue weighted by Crippen LogP contribution is -2.04. The molecule has 0 saturated carbocycles. The third-order valence-corrected chi connectivity index (χ3v) is 5.33. The quantitative estimate of drug-likeness (QED) is 0.466. The van der Waals surface area contributed by atoms with Gasteiger partial charge in [-0.2, -0.15) is 5.10 Å². The Balaban J connectivity index is 0.000000236. The number of aromatic nitrogens is 3. The molecular formula is C21H21ClN4OS. The molecule has 0 aliphatic rings. The van der Waals surface area contributed by atoms with Crippen molar-refractivity contribution in [1.29, 1.82) is 0 Å². The molecular weight excluding hydrogens is 392 g/mol. The molecule has 7 heteroatoms. The Morgan fingerprint density at radius 3 is 2.50 bits per heavy atom. The van der Waals surface area contributed by atoms with Crippen LogP contribution in [0.5, 0.6) is 0 Å². The minimum atomic E-state index is -1.25. The van der Waals surface area contributed by atoms with Crippen LogP contribution in [0.1, 0.15) is 12.5 Å². The maximum absolute atomic E-state index is 12.2. The molecule has 1 unspecified atom stereocenters. The van der Waals surface area contributed by atoms with Gasteiger partial charge in [-0.25, -0.2) is 9.19 Å². The SMILES string of the molecule is CCn1ncc2cc(NS(=O)c3ccccc3)ccc21.Cc1ccc(Cl)nc1. The van der Waals surface area contributed by atoms with Gasteiger partial charge in [0.05, 0.1) is 16.6 Å². The predicted octanol–water partition coefficient (Wildman–Crippen LogP) is 5.23. The summed E-state index contributed by atoms with van der Waals surface area (Å²) in [6.45, 7) is 4.87. The van der Waals surface area contributed by atoms with Crippen molar-refractivity contribution < 1.29 is 4.21 Å². The van der Waals surface area contributed by atoms with Crippen LogP contribution in [0, 0.1) is 6.92 Å². The van der Waals surface area contributed by atoms with Crippen molar-refractivity contribution in [3.8, 4) is 0 Å². The molecule has 28 heavy (non-hydrogen) atoms. The third-order valence-electron chi connectivity index (χ3n) is 3.98. The molecule has 2 aromatic carbocycles. The highest BCUT2D eigenvalue weighted by Crippen LogP contribution is 2.20. The first-order valence-corrected chi connectivity index (χ1v) is 10.4. The molecule has 2 heterocycles. The van der Waals surface area contributed by atoms with Gasteiger partial charge in [0.25, 0.3) is 0 Å². The Hall–Kier alpha value is -2.70. The number of hydrogen-bond acceptors (Lipinski definition) is 3. The van der Waals surface area contributed by atoms with Gasteiger partial charge in [0.1, 0.15) is 16.1 Å². The molecule has 2 aromatic heterocycles. The molecule has 0 radical (unpaired) electrons. The third kappa shape index (κ3) is 5.18. The average Bonchev–Trinajstić information content (AvgIpc) is 3.13. The predicted molar refractivity (Wildman–Crippen MR) is 116 cm³/mol. The summed E-state index contributed by atoms with van der Waals surface area (Å²) in [5.41, 5.74) is 3.05. The number of benzene rings is 2. The van der Waals surface area contributed by atoms with Crippen LogP contribution < -0.4 is 4.72 Å². The summed E-state index contributed by atoms with van der Waals surface area (Å²) in [6.07, 6.45) is 3.57. The molecule has 0 aliphatic carbocycles. The molecule has 0 saturated heterocycles. The van der Waals surface area contributed by atoms with Crippen molar-refractivity contribution >= 4 is 39.2 Å². The number of anilines is 1. The van der Waals surface area contributed by atoms with Gasteiger partial charge in [-0.05, 0) is 55.8 Å². The molecule has 0 amide bonds. The van der Waals surface area contributed by atoms with E-state index in [0.29, 0.717) is 5.15 Å². The number of rotatable bonds is 4. The van der Waals surface area contributed by atoms with Crippen LogP contribution in [0.4, 0.5) is 5.69 Å². The van der Waals surface area contributed by atoms with Gasteiger partial charge in [-0.3, -0.25) is 4.68 Å². The highest BCUT2D eigenvalue weighted by atomic mass is 35.5. The van der Waals surface area contributed by atoms with Crippen molar-refractivity contribution in [3.63, 3.8) is 0 Å². The number of halogens is 1. The maximum atomic E-state index is 12.2. The Morgan fingerprint density at radius 1 is 1.07 bits per heavy atom. The molecule has 1 N–H and O–H groups in total. The largest absolute Gasteiger partial charge is 0.301 e. The van der Waals surface area contributed by atoms with Crippen LogP contribution in [0.2, 0.25) is 5.15 Å². The van der Waals surface area contributed by atoms with E-state index in [4.69, 9.17) is 11.6 Å². The highest BCUT2D eigenvalue weighted by molar-refractivity contribution is 7.86. The standard InChI is InChI=1S/C15H15N3OS.C6H6ClN/c1-2-18-15-9-8-13(10-12(15)11-16-18)17-20(19)14-6-4-3-5-7-14;1-5-2-3-6(7)8-4-5/h3-11,17H,2H2,1H3;2-4H,1H3. The zero-order valence-corrected chi connectivity index (χ0v) is 17.2. The Bertz CT molecular complexity index is 1040. The second kappa shape index (κ2) is 9.48. The number of nitrogens with zero attached hydrogens (tertiary/aromatic N) is 3. The van der Waals surface area contributed by atoms with Crippen LogP contribution in [0.3, 0.4) is 0 Å². The minimum absolute atomic E-state index is 0.551. The molecule has 0 bridgehead atoms. The van der Waals surface area contributed by atoms with Gasteiger partial charge in [-0.15, -0.1) is 0 Å². The van der Waals surface area contributed by atoms with E-state index in [1.165, 1.54) is 0 Å². The number of hydrogen-bond donors (Lipinski definition) is 1. The second-order valence-corrected chi connectivity index (χ2v) is 7.68. The van der Waals surface area contributed by atoms with E-state index in [-0.39, 0.29) is 0 Å². The van der Waals surface area contributed by atoms with E-state index in [9.17, 15) is 4.21 Å². The van der Waals surface area contributed by atoms with Crippen LogP contribution in [0.15, 0.2) is 78.0 Å². The van der Waals surface area contributed by atoms with E-state index in [1.807, 2.05) is 72.4 Å². The van der Waals surface area contributed by atoms with Gasteiger partial charge < -0.3 is 4.72 Å². The summed E-state index contributed by atoms with van der Waals surface area (Å²) < 4.78 is 17.1. The van der Waals surface area contributed by atoms with Crippen LogP contribution in [-0.4, -0.2) is 19.0 Å². The lowest BCUT2D eigenvalue weighted by molar-refractivity contribution is 0.684. The van der Waals surface area contributed by atoms with E-state index in [0.717, 1.165) is 33.6 Å². The summed E-state index contributed by atoms with van der Waals surface area (Å²) in [4.78, 5) is 4.61. The first-order valence-electron chi connectivity index (χ1n) is 8.84. The van der Waals surface area contributed by atoms with Gasteiger partial charge in [-0.1, -0.05) is 35.9 Å². The molecule has 0 fully saturated rings. The molecule has 0 aliphatic heterocycles. The lowest BCUT2D eigenvalue weighted by Gasteiger charge is -2.06. The first kappa shape index (κ1) is 20.0. The fourth-order valence-corrected chi connectivity index (χ4v) is 3.54. The summed E-state index contributed by atoms with van der Waals surface area (Å²) >= 11 is 5.50. The van der Waals surface area contributed by atoms with Crippen LogP contribution >= 0.6 is 11.6 Å². The molecule has 4 aromatic rings. The lowest BCUT2D eigenvalue weighted by atomic mass is 10.2. The van der Waals surface area contributed by atoms with Crippen molar-refractivity contribution in [3.05, 3.63) is 83.8 Å². The van der Waals surface area contributed by atoms with E-state index >= 15 is 0 Å². The number of nitrogens with one attached hydrogen (secondary N) is 1. The number of pyridine rings is 1. The Morgan fingerprint density at radius 2 is 1.86 bits per heavy atom. The average molecular weight is 413 g/mol. The van der Waals surface area contributed by atoms with Crippen molar-refractivity contribution in [2.75, 3.05) is 4.72 Å². The van der Waals surface area contributed by atoms with E-state index in [2.05, 4.69) is 21.7 Å². The number of fused-ring (bicyclic) bond motifs is 1. The normalized spacial score (nSPS) is 11.5. The first-order chi connectivity index (χ1) is 13.6. The van der Waals surface area contributed by atoms with E-state index in [1.54, 1.807) is 12.3 Å². The zero-order valence-electron chi connectivity index (χ0n) is 15.7. The summed E-state index contributed by atoms with van der Waals surface area (Å²) in [7, 11) is -1.25. The van der Waals surface area contributed by atoms with Gasteiger partial charge >= 0.3 is 0 Å². The molecule has 1 atom stereocenters. The van der Waals surface area contributed by atoms with E-state index < -0.39 is 11.0 Å². The topological polar surface area (TPSA) is 59.8 Å². The Labute approximate surface area is 172 Å². The Kier molecular flexibility index (Phi) is 6.79. The van der Waals surface area contributed by atoms with Gasteiger partial charge in [0.15, 0.2) is 0 Å². The summed E-state index contributed by atoms with van der Waals surface area (Å²) in [5.74, 6) is 0. The second-order valence-electron chi connectivity index (χ2n) is 6.08. The highest BCUT2D eigenvalue weighted by Gasteiger charge is 2.06. The zero-order chi connectivity index (χ0) is 19.9. The van der Waals surface area contributed by atoms with Crippen molar-refractivity contribution in [1.82, 2.24) is 14.8 Å². The molecule has 144 valence electrons. The van der Waals surface area contributed by atoms with Crippen LogP contribution in [0.25, 0.3) is 10.9 Å². The van der Waals surface area contributed by atoms with Crippen molar-refractivity contribution in [2.24, 2.45) is 0 Å². The van der Waals surface area contributed by atoms with Gasteiger partial charge in [0.2, 0.25) is 0 Å². The molecule has 0 spiro atoms. The summed E-state index contributed by atoms with van der Waals surface area (Å²) in [5, 5.41) is 5.90. The minimum Gasteiger partial charge on any atom is -0.301 e. The maximum Gasteiger partial charge on any atom is 0.150 e. The molecule has 4 rings (SSSR count). The smallest absolute Gasteiger partial charge is 0.150 e. The number of aryl methyl sites for hydroxylation is 2. The fourth-order valence-electron chi connectivity index (χ4n) is 2.56. The summed E-state index contributed by atoms with van der Waals surface area (Å²) in [6, 6.07) is 18.9. The fraction of sp³-hybridized carbons (Fsp3) is 0.143. The molecule has 5 nitrogen and oxygen atoms in total. The monoisotopic (exact) mass is 412 g/mol. The van der Waals surface area contributed by atoms with Crippen LogP contribution in [-0.2, 0) is 17.5 Å². The van der Waals surface area contributed by atoms with Crippen molar-refractivity contribution in [2.45, 2.75) is 25.3 Å².